The van der Waals surface area contributed by atoms with Crippen molar-refractivity contribution in [2.45, 2.75) is 31.8 Å². The maximum absolute atomic E-state index is 12.5. The third kappa shape index (κ3) is 4.58. The molecule has 6 nitrogen and oxygen atoms in total. The van der Waals surface area contributed by atoms with Crippen molar-refractivity contribution >= 4 is 11.9 Å². The molecule has 0 bridgehead atoms. The van der Waals surface area contributed by atoms with Crippen LogP contribution in [0.1, 0.15) is 39.2 Å². The van der Waals surface area contributed by atoms with E-state index in [0.717, 1.165) is 24.1 Å². The number of rotatable bonds is 5. The summed E-state index contributed by atoms with van der Waals surface area (Å²) in [4.78, 5) is 21.6. The zero-order chi connectivity index (χ0) is 20.1. The van der Waals surface area contributed by atoms with Crippen molar-refractivity contribution in [2.24, 2.45) is 0 Å². The lowest BCUT2D eigenvalue weighted by Gasteiger charge is -2.25. The number of benzene rings is 2. The topological polar surface area (TPSA) is 90.7 Å². The Balaban J connectivity index is 1.37. The van der Waals surface area contributed by atoms with Crippen LogP contribution in [0.4, 0.5) is 5.95 Å². The summed E-state index contributed by atoms with van der Waals surface area (Å²) < 4.78 is 0. The van der Waals surface area contributed by atoms with Gasteiger partial charge >= 0.3 is 0 Å². The highest BCUT2D eigenvalue weighted by atomic mass is 16.1. The molecule has 0 spiro atoms. The molecule has 0 unspecified atom stereocenters. The fourth-order valence-corrected chi connectivity index (χ4v) is 3.49. The number of amides is 1. The normalized spacial score (nSPS) is 15.1. The third-order valence-corrected chi connectivity index (χ3v) is 5.03. The number of fused-ring (bicyclic) bond motifs is 1. The summed E-state index contributed by atoms with van der Waals surface area (Å²) in [7, 11) is 0. The maximum Gasteiger partial charge on any atom is 0.251 e. The van der Waals surface area contributed by atoms with E-state index < -0.39 is 0 Å². The number of hydrogen-bond donors (Lipinski definition) is 2. The molecule has 3 aromatic rings. The van der Waals surface area contributed by atoms with Crippen LogP contribution in [0.15, 0.2) is 60.8 Å². The number of carbonyl (C=O) groups is 1. The molecule has 0 saturated carbocycles. The van der Waals surface area contributed by atoms with Crippen molar-refractivity contribution in [1.29, 1.82) is 5.26 Å². The Morgan fingerprint density at radius 2 is 2.03 bits per heavy atom. The van der Waals surface area contributed by atoms with Gasteiger partial charge in [0.15, 0.2) is 0 Å². The van der Waals surface area contributed by atoms with Crippen LogP contribution in [0.25, 0.3) is 0 Å². The number of carbonyl (C=O) groups excluding carboxylic acids is 1. The molecule has 1 amide bonds. The molecule has 1 atom stereocenters. The minimum Gasteiger partial charge on any atom is -0.350 e. The minimum absolute atomic E-state index is 0.0347. The van der Waals surface area contributed by atoms with Crippen molar-refractivity contribution in [3.05, 3.63) is 88.7 Å². The number of nitrogens with zero attached hydrogens (tertiary/aromatic N) is 3. The number of anilines is 1. The Morgan fingerprint density at radius 3 is 2.86 bits per heavy atom. The predicted molar refractivity (Wildman–Crippen MR) is 110 cm³/mol. The highest BCUT2D eigenvalue weighted by Gasteiger charge is 2.22. The summed E-state index contributed by atoms with van der Waals surface area (Å²) in [5, 5.41) is 15.3. The lowest BCUT2D eigenvalue weighted by Crippen LogP contribution is -2.39. The average molecular weight is 383 g/mol. The lowest BCUT2D eigenvalue weighted by molar-refractivity contribution is 0.0933. The monoisotopic (exact) mass is 383 g/mol. The van der Waals surface area contributed by atoms with Crippen LogP contribution in [0.5, 0.6) is 0 Å². The summed E-state index contributed by atoms with van der Waals surface area (Å²) in [6, 6.07) is 19.0. The van der Waals surface area contributed by atoms with Gasteiger partial charge in [0.25, 0.3) is 5.91 Å². The first-order chi connectivity index (χ1) is 14.2. The Bertz CT molecular complexity index is 1060. The van der Waals surface area contributed by atoms with E-state index in [1.54, 1.807) is 24.3 Å². The number of hydrogen-bond acceptors (Lipinski definition) is 5. The molecule has 1 aliphatic rings. The molecule has 2 aromatic carbocycles. The van der Waals surface area contributed by atoms with Crippen molar-refractivity contribution in [3.8, 4) is 6.07 Å². The van der Waals surface area contributed by atoms with Gasteiger partial charge in [-0.15, -0.1) is 0 Å². The zero-order valence-corrected chi connectivity index (χ0v) is 15.9. The summed E-state index contributed by atoms with van der Waals surface area (Å²) in [6.07, 6.45) is 4.18. The summed E-state index contributed by atoms with van der Waals surface area (Å²) in [6.45, 7) is 0.681. The van der Waals surface area contributed by atoms with Gasteiger partial charge in [0.05, 0.1) is 11.6 Å². The highest BCUT2D eigenvalue weighted by Crippen LogP contribution is 2.21. The van der Waals surface area contributed by atoms with E-state index >= 15 is 0 Å². The van der Waals surface area contributed by atoms with Gasteiger partial charge in [-0.1, -0.05) is 36.4 Å². The van der Waals surface area contributed by atoms with E-state index in [1.807, 2.05) is 24.4 Å². The first kappa shape index (κ1) is 18.6. The van der Waals surface area contributed by atoms with Crippen LogP contribution in [0.2, 0.25) is 0 Å². The predicted octanol–water partition coefficient (Wildman–Crippen LogP) is 3.25. The quantitative estimate of drug-likeness (QED) is 0.706. The molecule has 29 heavy (non-hydrogen) atoms. The Kier molecular flexibility index (Phi) is 5.48. The highest BCUT2D eigenvalue weighted by molar-refractivity contribution is 5.94. The summed E-state index contributed by atoms with van der Waals surface area (Å²) >= 11 is 0. The van der Waals surface area contributed by atoms with Crippen LogP contribution >= 0.6 is 0 Å². The van der Waals surface area contributed by atoms with Gasteiger partial charge in [-0.3, -0.25) is 4.79 Å². The number of aromatic nitrogens is 2. The van der Waals surface area contributed by atoms with Crippen LogP contribution in [0, 0.1) is 11.3 Å². The van der Waals surface area contributed by atoms with E-state index in [0.29, 0.717) is 30.0 Å². The van der Waals surface area contributed by atoms with E-state index in [9.17, 15) is 4.79 Å². The van der Waals surface area contributed by atoms with E-state index in [4.69, 9.17) is 5.26 Å². The van der Waals surface area contributed by atoms with Gasteiger partial charge in [-0.25, -0.2) is 9.97 Å². The van der Waals surface area contributed by atoms with Crippen molar-refractivity contribution in [3.63, 3.8) is 0 Å². The summed E-state index contributed by atoms with van der Waals surface area (Å²) in [5.41, 5.74) is 4.27. The first-order valence-electron chi connectivity index (χ1n) is 9.65. The molecular formula is C23H21N5O. The molecule has 2 N–H and O–H groups in total. The number of aryl methyl sites for hydroxylation is 1. The van der Waals surface area contributed by atoms with Gasteiger partial charge in [0, 0.05) is 30.0 Å². The molecule has 0 aliphatic heterocycles. The van der Waals surface area contributed by atoms with Gasteiger partial charge in [-0.2, -0.15) is 5.26 Å². The first-order valence-corrected chi connectivity index (χ1v) is 9.65. The summed E-state index contributed by atoms with van der Waals surface area (Å²) in [5.74, 6) is 0.473. The second-order valence-corrected chi connectivity index (χ2v) is 7.11. The lowest BCUT2D eigenvalue weighted by atomic mass is 9.92. The molecular weight excluding hydrogens is 362 g/mol. The second kappa shape index (κ2) is 8.53. The van der Waals surface area contributed by atoms with Crippen molar-refractivity contribution < 1.29 is 4.79 Å². The molecule has 1 aromatic heterocycles. The third-order valence-electron chi connectivity index (χ3n) is 5.03. The molecule has 144 valence electrons. The molecule has 4 rings (SSSR count). The van der Waals surface area contributed by atoms with E-state index in [-0.39, 0.29) is 11.9 Å². The number of nitrogens with one attached hydrogen (secondary N) is 2. The largest absolute Gasteiger partial charge is 0.350 e. The molecule has 1 heterocycles. The van der Waals surface area contributed by atoms with Crippen LogP contribution in [-0.2, 0) is 19.4 Å². The minimum atomic E-state index is -0.155. The molecule has 6 heteroatoms. The Hall–Kier alpha value is -3.72. The SMILES string of the molecule is N#Cc1cccc(C(=O)N[C@H]2CCc3nc(NCc4ccccc4)ncc3C2)c1. The van der Waals surface area contributed by atoms with Crippen molar-refractivity contribution in [1.82, 2.24) is 15.3 Å². The average Bonchev–Trinajstić information content (AvgIpc) is 2.78. The van der Waals surface area contributed by atoms with Gasteiger partial charge in [0.1, 0.15) is 0 Å². The number of nitriles is 1. The van der Waals surface area contributed by atoms with Crippen LogP contribution < -0.4 is 10.6 Å². The van der Waals surface area contributed by atoms with Gasteiger partial charge < -0.3 is 10.6 Å². The van der Waals surface area contributed by atoms with E-state index in [2.05, 4.69) is 38.8 Å². The zero-order valence-electron chi connectivity index (χ0n) is 15.9. The molecule has 1 aliphatic carbocycles. The fourth-order valence-electron chi connectivity index (χ4n) is 3.49. The second-order valence-electron chi connectivity index (χ2n) is 7.11. The Morgan fingerprint density at radius 1 is 1.17 bits per heavy atom. The van der Waals surface area contributed by atoms with Gasteiger partial charge in [0.2, 0.25) is 5.95 Å². The van der Waals surface area contributed by atoms with Crippen LogP contribution in [0.3, 0.4) is 0 Å². The molecule has 0 radical (unpaired) electrons. The fraction of sp³-hybridized carbons (Fsp3) is 0.217. The van der Waals surface area contributed by atoms with Gasteiger partial charge in [-0.05, 0) is 48.6 Å². The van der Waals surface area contributed by atoms with Crippen LogP contribution in [-0.4, -0.2) is 21.9 Å². The maximum atomic E-state index is 12.5. The standard InChI is InChI=1S/C23H21N5O/c24-13-17-7-4-8-18(11-17)22(29)27-20-9-10-21-19(12-20)15-26-23(28-21)25-14-16-5-2-1-3-6-16/h1-8,11,15,20H,9-10,12,14H2,(H,27,29)(H,25,26,28)/t20-/m0/s1. The van der Waals surface area contributed by atoms with E-state index in [1.165, 1.54) is 5.56 Å². The molecule has 0 fully saturated rings. The molecule has 0 saturated heterocycles. The smallest absolute Gasteiger partial charge is 0.251 e. The van der Waals surface area contributed by atoms with Crippen molar-refractivity contribution in [2.75, 3.05) is 5.32 Å². The Labute approximate surface area is 169 Å².